The maximum absolute atomic E-state index is 5.84. The minimum absolute atomic E-state index is 0. The average molecular weight is 253 g/mol. The number of hydrogen-bond acceptors (Lipinski definition) is 0. The molecule has 0 saturated heterocycles. The van der Waals surface area contributed by atoms with E-state index in [0.29, 0.717) is 5.92 Å². The maximum Gasteiger partial charge on any atom is 0.343 e. The van der Waals surface area contributed by atoms with Crippen LogP contribution >= 0.6 is 24.0 Å². The first-order chi connectivity index (χ1) is 5.65. The van der Waals surface area contributed by atoms with E-state index in [2.05, 4.69) is 18.7 Å². The van der Waals surface area contributed by atoms with Crippen LogP contribution in [0.5, 0.6) is 0 Å². The van der Waals surface area contributed by atoms with Crippen LogP contribution in [0.1, 0.15) is 25.3 Å². The lowest BCUT2D eigenvalue weighted by Gasteiger charge is -2.01. The summed E-state index contributed by atoms with van der Waals surface area (Å²) < 4.78 is 0. The molecular weight excluding hydrogens is 240 g/mol. The summed E-state index contributed by atoms with van der Waals surface area (Å²) in [6, 6.07) is 5.52. The Hall–Kier alpha value is -0.420. The van der Waals surface area contributed by atoms with E-state index in [1.54, 1.807) is 6.07 Å². The SMILES string of the molecule is C#[N+]c1ccc(Cl)cc1C(C)C.Cl.[Cl-]. The van der Waals surface area contributed by atoms with E-state index < -0.39 is 0 Å². The van der Waals surface area contributed by atoms with E-state index >= 15 is 0 Å². The predicted octanol–water partition coefficient (Wildman–Crippen LogP) is 1.48. The summed E-state index contributed by atoms with van der Waals surface area (Å²) in [5, 5.41) is 0.728. The Morgan fingerprint density at radius 1 is 1.36 bits per heavy atom. The highest BCUT2D eigenvalue weighted by Crippen LogP contribution is 2.29. The van der Waals surface area contributed by atoms with Crippen LogP contribution in [-0.4, -0.2) is 0 Å². The summed E-state index contributed by atoms with van der Waals surface area (Å²) in [5.74, 6) is 0.394. The minimum Gasteiger partial charge on any atom is -1.00 e. The van der Waals surface area contributed by atoms with Gasteiger partial charge in [-0.3, -0.25) is 0 Å². The molecule has 0 atom stereocenters. The number of hydrogen-bond donors (Lipinski definition) is 0. The van der Waals surface area contributed by atoms with E-state index in [4.69, 9.17) is 18.2 Å². The van der Waals surface area contributed by atoms with Gasteiger partial charge in [0.15, 0.2) is 0 Å². The molecule has 4 heteroatoms. The van der Waals surface area contributed by atoms with Crippen LogP contribution in [0.2, 0.25) is 5.02 Å². The third kappa shape index (κ3) is 3.75. The van der Waals surface area contributed by atoms with Crippen LogP contribution in [0, 0.1) is 6.57 Å². The molecule has 1 aromatic rings. The summed E-state index contributed by atoms with van der Waals surface area (Å²) in [4.78, 5) is 3.67. The highest BCUT2D eigenvalue weighted by atomic mass is 35.5. The number of benzene rings is 1. The first-order valence-electron chi connectivity index (χ1n) is 3.85. The summed E-state index contributed by atoms with van der Waals surface area (Å²) in [6.45, 7) is 9.39. The zero-order valence-corrected chi connectivity index (χ0v) is 10.3. The summed E-state index contributed by atoms with van der Waals surface area (Å²) >= 11 is 5.84. The molecule has 1 nitrogen and oxygen atoms in total. The van der Waals surface area contributed by atoms with Crippen molar-refractivity contribution in [1.29, 1.82) is 0 Å². The first-order valence-corrected chi connectivity index (χ1v) is 4.23. The van der Waals surface area contributed by atoms with Gasteiger partial charge in [0.1, 0.15) is 0 Å². The van der Waals surface area contributed by atoms with Gasteiger partial charge in [0.25, 0.3) is 6.57 Å². The molecule has 0 amide bonds. The third-order valence-corrected chi connectivity index (χ3v) is 1.99. The van der Waals surface area contributed by atoms with Crippen molar-refractivity contribution in [2.75, 3.05) is 0 Å². The predicted molar refractivity (Wildman–Crippen MR) is 60.8 cm³/mol. The summed E-state index contributed by atoms with van der Waals surface area (Å²) in [6.07, 6.45) is 0. The molecule has 78 valence electrons. The smallest absolute Gasteiger partial charge is 0.343 e. The molecule has 0 radical (unpaired) electrons. The van der Waals surface area contributed by atoms with E-state index in [0.717, 1.165) is 16.3 Å². The molecule has 0 fully saturated rings. The lowest BCUT2D eigenvalue weighted by atomic mass is 10.0. The van der Waals surface area contributed by atoms with Gasteiger partial charge < -0.3 is 12.4 Å². The van der Waals surface area contributed by atoms with E-state index in [1.807, 2.05) is 12.1 Å². The Bertz CT molecular complexity index is 329. The molecular formula is C10H12Cl3N. The molecule has 0 N–H and O–H groups in total. The van der Waals surface area contributed by atoms with Crippen LogP contribution in [0.25, 0.3) is 4.85 Å². The molecule has 14 heavy (non-hydrogen) atoms. The quantitative estimate of drug-likeness (QED) is 0.713. The molecule has 0 saturated carbocycles. The van der Waals surface area contributed by atoms with Crippen molar-refractivity contribution in [3.63, 3.8) is 0 Å². The molecule has 0 unspecified atom stereocenters. The zero-order chi connectivity index (χ0) is 9.14. The molecule has 0 aliphatic carbocycles. The van der Waals surface area contributed by atoms with Gasteiger partial charge in [0.05, 0.1) is 0 Å². The van der Waals surface area contributed by atoms with E-state index in [9.17, 15) is 0 Å². The van der Waals surface area contributed by atoms with Gasteiger partial charge in [-0.15, -0.1) is 12.4 Å². The van der Waals surface area contributed by atoms with Crippen molar-refractivity contribution in [1.82, 2.24) is 0 Å². The lowest BCUT2D eigenvalue weighted by molar-refractivity contribution is -0.00000266. The minimum atomic E-state index is 0. The van der Waals surface area contributed by atoms with Crippen molar-refractivity contribution < 1.29 is 12.4 Å². The van der Waals surface area contributed by atoms with Crippen LogP contribution in [0.4, 0.5) is 5.69 Å². The van der Waals surface area contributed by atoms with Crippen LogP contribution in [-0.2, 0) is 0 Å². The Balaban J connectivity index is 0. The van der Waals surface area contributed by atoms with Crippen molar-refractivity contribution in [2.45, 2.75) is 19.8 Å². The largest absolute Gasteiger partial charge is 1.00 e. The summed E-state index contributed by atoms with van der Waals surface area (Å²) in [7, 11) is 0. The molecule has 0 spiro atoms. The second-order valence-corrected chi connectivity index (χ2v) is 3.42. The second-order valence-electron chi connectivity index (χ2n) is 2.99. The second kappa shape index (κ2) is 6.95. The Labute approximate surface area is 102 Å². The average Bonchev–Trinajstić information content (AvgIpc) is 2.04. The van der Waals surface area contributed by atoms with Gasteiger partial charge in [0.2, 0.25) is 0 Å². The molecule has 0 aliphatic rings. The van der Waals surface area contributed by atoms with E-state index in [1.165, 1.54) is 0 Å². The van der Waals surface area contributed by atoms with Crippen LogP contribution < -0.4 is 12.4 Å². The van der Waals surface area contributed by atoms with Crippen LogP contribution in [0.15, 0.2) is 18.2 Å². The lowest BCUT2D eigenvalue weighted by Crippen LogP contribution is -3.00. The molecule has 1 aromatic carbocycles. The molecule has 0 heterocycles. The van der Waals surface area contributed by atoms with Gasteiger partial charge in [-0.25, -0.2) is 0 Å². The Morgan fingerprint density at radius 3 is 2.36 bits per heavy atom. The first kappa shape index (κ1) is 16.0. The normalized spacial score (nSPS) is 8.50. The Morgan fingerprint density at radius 2 is 1.93 bits per heavy atom. The van der Waals surface area contributed by atoms with Crippen molar-refractivity contribution in [2.24, 2.45) is 0 Å². The molecule has 1 rings (SSSR count). The molecule has 0 aliphatic heterocycles. The van der Waals surface area contributed by atoms with Gasteiger partial charge in [-0.05, 0) is 22.9 Å². The fourth-order valence-electron chi connectivity index (χ4n) is 1.11. The van der Waals surface area contributed by atoms with E-state index in [-0.39, 0.29) is 24.8 Å². The van der Waals surface area contributed by atoms with Gasteiger partial charge >= 0.3 is 5.69 Å². The van der Waals surface area contributed by atoms with Gasteiger partial charge in [-0.1, -0.05) is 25.4 Å². The zero-order valence-electron chi connectivity index (χ0n) is 8.00. The molecule has 0 bridgehead atoms. The van der Waals surface area contributed by atoms with Crippen molar-refractivity contribution in [3.05, 3.63) is 33.6 Å². The fraction of sp³-hybridized carbons (Fsp3) is 0.300. The van der Waals surface area contributed by atoms with Gasteiger partial charge in [-0.2, -0.15) is 0 Å². The van der Waals surface area contributed by atoms with Crippen molar-refractivity contribution in [3.8, 4) is 6.57 Å². The molecule has 0 aromatic heterocycles. The monoisotopic (exact) mass is 251 g/mol. The summed E-state index contributed by atoms with van der Waals surface area (Å²) in [5.41, 5.74) is 1.90. The highest BCUT2D eigenvalue weighted by Gasteiger charge is 2.13. The van der Waals surface area contributed by atoms with Gasteiger partial charge in [0, 0.05) is 16.7 Å². The third-order valence-electron chi connectivity index (χ3n) is 1.75. The van der Waals surface area contributed by atoms with Crippen molar-refractivity contribution >= 4 is 29.7 Å². The number of rotatable bonds is 1. The Kier molecular flexibility index (Phi) is 7.96. The topological polar surface area (TPSA) is 4.36 Å². The maximum atomic E-state index is 5.84. The standard InChI is InChI=1S/C10H11ClN.2ClH/c1-7(2)9-6-8(11)4-5-10(9)12-3;;/h3-7H,1-2H3;2*1H/q+1;;/p-1. The fourth-order valence-corrected chi connectivity index (χ4v) is 1.29. The number of halogens is 3. The van der Waals surface area contributed by atoms with Crippen LogP contribution in [0.3, 0.4) is 0 Å². The number of nitrogens with zero attached hydrogens (tertiary/aromatic N) is 1. The highest BCUT2D eigenvalue weighted by molar-refractivity contribution is 6.30.